The zero-order valence-electron chi connectivity index (χ0n) is 15.3. The molecule has 0 amide bonds. The van der Waals surface area contributed by atoms with Crippen LogP contribution >= 0.6 is 27.7 Å². The molecule has 6 rings (SSSR count). The van der Waals surface area contributed by atoms with Crippen LogP contribution in [0.4, 0.5) is 11.4 Å². The maximum absolute atomic E-state index is 12.3. The first-order valence-corrected chi connectivity index (χ1v) is 11.2. The number of Topliss-reactive ketones (excluding diaryl/α,β-unsaturated/α-hetero) is 1. The quantitative estimate of drug-likeness (QED) is 0.513. The van der Waals surface area contributed by atoms with Gasteiger partial charge in [-0.2, -0.15) is 0 Å². The van der Waals surface area contributed by atoms with Gasteiger partial charge in [0.25, 0.3) is 0 Å². The van der Waals surface area contributed by atoms with Crippen molar-refractivity contribution in [1.29, 1.82) is 0 Å². The van der Waals surface area contributed by atoms with Gasteiger partial charge in [0.05, 0.1) is 15.5 Å². The molecule has 4 heterocycles. The number of hydrogen-bond donors (Lipinski definition) is 3. The summed E-state index contributed by atoms with van der Waals surface area (Å²) in [4.78, 5) is 21.6. The van der Waals surface area contributed by atoms with Crippen LogP contribution in [0.25, 0.3) is 5.57 Å². The lowest BCUT2D eigenvalue weighted by Gasteiger charge is -2.38. The average Bonchev–Trinajstić information content (AvgIpc) is 3.21. The number of nitrogens with one attached hydrogen (secondary N) is 1. The number of rotatable bonds is 0. The van der Waals surface area contributed by atoms with Crippen LogP contribution in [0, 0.1) is 0 Å². The highest BCUT2D eigenvalue weighted by atomic mass is 79.9. The Morgan fingerprint density at radius 1 is 1.46 bits per heavy atom. The normalized spacial score (nSPS) is 30.3. The van der Waals surface area contributed by atoms with Crippen molar-refractivity contribution in [3.05, 3.63) is 26.7 Å². The number of phenolic OH excluding ortho intramolecular Hbond substituents is 1. The van der Waals surface area contributed by atoms with E-state index < -0.39 is 0 Å². The van der Waals surface area contributed by atoms with Gasteiger partial charge in [-0.3, -0.25) is 14.8 Å². The van der Waals surface area contributed by atoms with E-state index in [1.807, 2.05) is 6.21 Å². The molecule has 0 saturated carbocycles. The van der Waals surface area contributed by atoms with Crippen LogP contribution < -0.4 is 15.9 Å². The lowest BCUT2D eigenvalue weighted by atomic mass is 9.68. The number of carbonyl (C=O) groups is 1. The third-order valence-corrected chi connectivity index (χ3v) is 8.13. The van der Waals surface area contributed by atoms with Gasteiger partial charge in [0.1, 0.15) is 11.0 Å². The first-order chi connectivity index (χ1) is 13.5. The summed E-state index contributed by atoms with van der Waals surface area (Å²) < 4.78 is 0.654. The van der Waals surface area contributed by atoms with Crippen LogP contribution in [0.15, 0.2) is 20.5 Å². The van der Waals surface area contributed by atoms with Crippen LogP contribution in [-0.2, 0) is 10.2 Å². The van der Waals surface area contributed by atoms with Crippen LogP contribution in [0.3, 0.4) is 0 Å². The van der Waals surface area contributed by atoms with Crippen molar-refractivity contribution >= 4 is 56.6 Å². The van der Waals surface area contributed by atoms with Gasteiger partial charge in [0.15, 0.2) is 11.5 Å². The summed E-state index contributed by atoms with van der Waals surface area (Å²) in [6, 6.07) is 0. The number of fused-ring (bicyclic) bond motifs is 3. The van der Waals surface area contributed by atoms with E-state index in [0.29, 0.717) is 21.9 Å². The van der Waals surface area contributed by atoms with E-state index >= 15 is 0 Å². The first-order valence-electron chi connectivity index (χ1n) is 9.46. The predicted octanol–water partition coefficient (Wildman–Crippen LogP) is 2.03. The minimum Gasteiger partial charge on any atom is -0.504 e. The van der Waals surface area contributed by atoms with Crippen molar-refractivity contribution in [2.24, 2.45) is 9.98 Å². The van der Waals surface area contributed by atoms with Crippen LogP contribution in [-0.4, -0.2) is 46.0 Å². The summed E-state index contributed by atoms with van der Waals surface area (Å²) in [7, 11) is 0. The number of ketones is 1. The molecule has 6 nitrogen and oxygen atoms in total. The van der Waals surface area contributed by atoms with E-state index in [1.54, 1.807) is 18.7 Å². The second-order valence-corrected chi connectivity index (χ2v) is 9.76. The molecule has 1 fully saturated rings. The molecule has 1 aromatic rings. The zero-order chi connectivity index (χ0) is 19.6. The van der Waals surface area contributed by atoms with E-state index in [9.17, 15) is 9.90 Å². The van der Waals surface area contributed by atoms with E-state index in [0.717, 1.165) is 35.9 Å². The highest BCUT2D eigenvalue weighted by molar-refractivity contribution is 9.12. The number of carbonyl (C=O) groups excluding carboxylic acids is 1. The van der Waals surface area contributed by atoms with Gasteiger partial charge in [-0.25, -0.2) is 0 Å². The summed E-state index contributed by atoms with van der Waals surface area (Å²) in [6.07, 6.45) is 6.25. The Morgan fingerprint density at radius 3 is 3.04 bits per heavy atom. The fourth-order valence-corrected chi connectivity index (χ4v) is 7.17. The topological polar surface area (TPSA) is 94.3 Å². The third kappa shape index (κ3) is 2.34. The molecule has 3 N–H and O–H groups in total. The van der Waals surface area contributed by atoms with Crippen LogP contribution in [0.2, 0.25) is 0 Å². The molecule has 1 aliphatic carbocycles. The number of thioether (sulfide) groups is 1. The number of aliphatic hydroxyl groups excluding tert-OH is 1. The Kier molecular flexibility index (Phi) is 4.23. The monoisotopic (exact) mass is 461 g/mol. The van der Waals surface area contributed by atoms with Crippen LogP contribution in [0.1, 0.15) is 31.7 Å². The molecule has 8 heteroatoms. The van der Waals surface area contributed by atoms with E-state index in [2.05, 4.69) is 32.3 Å². The van der Waals surface area contributed by atoms with Gasteiger partial charge in [-0.15, -0.1) is 11.8 Å². The molecule has 1 saturated heterocycles. The number of aromatic hydroxyl groups is 1. The zero-order valence-corrected chi connectivity index (χ0v) is 17.7. The molecule has 1 unspecified atom stereocenters. The second-order valence-electron chi connectivity index (χ2n) is 7.52. The highest BCUT2D eigenvalue weighted by Gasteiger charge is 2.55. The van der Waals surface area contributed by atoms with E-state index in [4.69, 9.17) is 10.1 Å². The number of hydrogen-bond acceptors (Lipinski definition) is 7. The Labute approximate surface area is 174 Å². The molecule has 1 aromatic carbocycles. The molecule has 0 radical (unpaired) electrons. The summed E-state index contributed by atoms with van der Waals surface area (Å²) >= 11 is 5.24. The number of anilines is 1. The number of aliphatic imine (C=N–C) groups is 1. The molecule has 3 atom stereocenters. The molecular weight excluding hydrogens is 442 g/mol. The molecule has 2 bridgehead atoms. The van der Waals surface area contributed by atoms with Gasteiger partial charge >= 0.3 is 0 Å². The summed E-state index contributed by atoms with van der Waals surface area (Å²) in [5.74, 6) is 0.343. The largest absolute Gasteiger partial charge is 0.504 e. The number of allylic oxidation sites excluding steroid dienone is 2. The summed E-state index contributed by atoms with van der Waals surface area (Å²) in [6.45, 7) is 2.78. The average molecular weight is 462 g/mol. The number of aliphatic hydroxyl groups is 1. The second kappa shape index (κ2) is 6.43. The molecule has 28 heavy (non-hydrogen) atoms. The predicted molar refractivity (Wildman–Crippen MR) is 114 cm³/mol. The fraction of sp³-hybridized carbons (Fsp3) is 0.450. The standard InChI is InChI=1S/C18H14BrN3O2S.C2H6O/c19-8-4-18-5-11(25-10(18)3-9(8)23)22-16-13(18)14-12-7(1-2-20-14)6-21-15(12)17(16)24;1-2-3/h4,6,10-11,20,24H,1-3,5H2;3H,2H2,1H3/t10-,11-,18?;/m1./s1. The van der Waals surface area contributed by atoms with Gasteiger partial charge in [0, 0.05) is 47.2 Å². The van der Waals surface area contributed by atoms with Crippen LogP contribution in [0.5, 0.6) is 5.75 Å². The molecule has 5 aliphatic rings. The number of phenols is 1. The van der Waals surface area contributed by atoms with Crippen molar-refractivity contribution in [3.63, 3.8) is 0 Å². The first kappa shape index (κ1) is 18.4. The molecule has 1 spiro atoms. The van der Waals surface area contributed by atoms with Crippen molar-refractivity contribution in [2.75, 3.05) is 18.5 Å². The summed E-state index contributed by atoms with van der Waals surface area (Å²) in [5.41, 5.74) is 3.68. The SMILES string of the molecule is CCO.O=C1C[C@H]2S[C@@H]3CC2(C=C1Br)c1c2c4c(c(O)c1=N3)N=CC=4CCN2. The number of halogens is 1. The molecule has 146 valence electrons. The molecule has 0 aromatic heterocycles. The smallest absolute Gasteiger partial charge is 0.170 e. The minimum absolute atomic E-state index is 0.0773. The van der Waals surface area contributed by atoms with Crippen molar-refractivity contribution in [3.8, 4) is 5.75 Å². The van der Waals surface area contributed by atoms with E-state index in [-0.39, 0.29) is 34.2 Å². The van der Waals surface area contributed by atoms with Gasteiger partial charge in [-0.05, 0) is 41.3 Å². The maximum Gasteiger partial charge on any atom is 0.170 e. The Hall–Kier alpha value is -1.64. The summed E-state index contributed by atoms with van der Waals surface area (Å²) in [5, 5.41) is 24.0. The third-order valence-electron chi connectivity index (χ3n) is 5.96. The lowest BCUT2D eigenvalue weighted by Crippen LogP contribution is -2.45. The lowest BCUT2D eigenvalue weighted by molar-refractivity contribution is -0.115. The molecular formula is C20H20BrN3O3S. The van der Waals surface area contributed by atoms with Crippen molar-refractivity contribution in [2.45, 2.75) is 42.2 Å². The fourth-order valence-electron chi connectivity index (χ4n) is 4.91. The van der Waals surface area contributed by atoms with Crippen molar-refractivity contribution < 1.29 is 15.0 Å². The Balaban J connectivity index is 0.000000538. The molecule has 4 aliphatic heterocycles. The number of nitrogens with zero attached hydrogens (tertiary/aromatic N) is 2. The van der Waals surface area contributed by atoms with Crippen molar-refractivity contribution in [1.82, 2.24) is 0 Å². The highest BCUT2D eigenvalue weighted by Crippen LogP contribution is 2.57. The Bertz CT molecular complexity index is 1100. The van der Waals surface area contributed by atoms with Gasteiger partial charge in [-0.1, -0.05) is 6.08 Å². The number of benzene rings is 1. The Morgan fingerprint density at radius 2 is 2.25 bits per heavy atom. The van der Waals surface area contributed by atoms with E-state index in [1.165, 1.54) is 5.57 Å². The van der Waals surface area contributed by atoms with Gasteiger partial charge < -0.3 is 15.5 Å². The minimum atomic E-state index is -0.265. The maximum atomic E-state index is 12.3. The van der Waals surface area contributed by atoms with Gasteiger partial charge in [0.2, 0.25) is 0 Å².